The second-order valence-corrected chi connectivity index (χ2v) is 7.97. The summed E-state index contributed by atoms with van der Waals surface area (Å²) in [5, 5.41) is 2.82. The van der Waals surface area contributed by atoms with Crippen LogP contribution in [0.15, 0.2) is 60.7 Å². The number of nitrogens with zero attached hydrogens (tertiary/aromatic N) is 1. The standard InChI is InChI=1S/C25H30N2O4/c1-20(28)27-17-14-25(15-18-27,22-12-6-3-7-13-22)24(30)31-19-23(29)26-16-8-11-21-9-4-2-5-10-21/h2-7,9-10,12-13H,8,11,14-19H2,1H3,(H,26,29). The lowest BCUT2D eigenvalue weighted by Crippen LogP contribution is -2.49. The van der Waals surface area contributed by atoms with E-state index in [0.717, 1.165) is 18.4 Å². The summed E-state index contributed by atoms with van der Waals surface area (Å²) in [6, 6.07) is 19.6. The first-order chi connectivity index (χ1) is 15.0. The molecule has 2 aromatic carbocycles. The van der Waals surface area contributed by atoms with E-state index in [1.807, 2.05) is 48.5 Å². The van der Waals surface area contributed by atoms with Gasteiger partial charge < -0.3 is 15.0 Å². The Kier molecular flexibility index (Phi) is 7.82. The quantitative estimate of drug-likeness (QED) is 0.524. The zero-order chi connectivity index (χ0) is 22.1. The normalized spacial score (nSPS) is 15.2. The van der Waals surface area contributed by atoms with Gasteiger partial charge in [0.05, 0.1) is 5.41 Å². The first-order valence-electron chi connectivity index (χ1n) is 10.8. The second-order valence-electron chi connectivity index (χ2n) is 7.97. The Labute approximate surface area is 183 Å². The highest BCUT2D eigenvalue weighted by Crippen LogP contribution is 2.37. The highest BCUT2D eigenvalue weighted by molar-refractivity contribution is 5.87. The van der Waals surface area contributed by atoms with Gasteiger partial charge in [-0.25, -0.2) is 0 Å². The average molecular weight is 423 g/mol. The predicted octanol–water partition coefficient (Wildman–Crippen LogP) is 2.86. The van der Waals surface area contributed by atoms with Gasteiger partial charge in [-0.1, -0.05) is 60.7 Å². The molecule has 0 radical (unpaired) electrons. The van der Waals surface area contributed by atoms with Gasteiger partial charge in [0, 0.05) is 26.6 Å². The van der Waals surface area contributed by atoms with Crippen molar-refractivity contribution in [1.82, 2.24) is 10.2 Å². The van der Waals surface area contributed by atoms with Crippen molar-refractivity contribution < 1.29 is 19.1 Å². The second kappa shape index (κ2) is 10.8. The number of esters is 1. The molecule has 0 aromatic heterocycles. The molecule has 6 nitrogen and oxygen atoms in total. The number of amides is 2. The van der Waals surface area contributed by atoms with Gasteiger partial charge in [0.15, 0.2) is 6.61 Å². The van der Waals surface area contributed by atoms with Gasteiger partial charge in [-0.3, -0.25) is 14.4 Å². The monoisotopic (exact) mass is 422 g/mol. The van der Waals surface area contributed by atoms with Crippen molar-refractivity contribution in [3.05, 3.63) is 71.8 Å². The minimum atomic E-state index is -0.833. The van der Waals surface area contributed by atoms with E-state index in [0.29, 0.717) is 32.5 Å². The fraction of sp³-hybridized carbons (Fsp3) is 0.400. The Bertz CT molecular complexity index is 875. The van der Waals surface area contributed by atoms with Crippen molar-refractivity contribution in [2.75, 3.05) is 26.2 Å². The lowest BCUT2D eigenvalue weighted by molar-refractivity contribution is -0.157. The van der Waals surface area contributed by atoms with Crippen molar-refractivity contribution in [3.63, 3.8) is 0 Å². The van der Waals surface area contributed by atoms with Gasteiger partial charge in [-0.2, -0.15) is 0 Å². The molecular formula is C25H30N2O4. The number of hydrogen-bond acceptors (Lipinski definition) is 4. The highest BCUT2D eigenvalue weighted by atomic mass is 16.5. The number of rotatable bonds is 8. The Morgan fingerprint density at radius 1 is 0.968 bits per heavy atom. The Hall–Kier alpha value is -3.15. The van der Waals surface area contributed by atoms with Crippen molar-refractivity contribution in [3.8, 4) is 0 Å². The minimum Gasteiger partial charge on any atom is -0.455 e. The average Bonchev–Trinajstić information content (AvgIpc) is 2.81. The van der Waals surface area contributed by atoms with Crippen LogP contribution in [0.1, 0.15) is 37.3 Å². The summed E-state index contributed by atoms with van der Waals surface area (Å²) in [6.07, 6.45) is 2.66. The maximum atomic E-state index is 13.1. The third-order valence-electron chi connectivity index (χ3n) is 5.92. The molecule has 1 N–H and O–H groups in total. The lowest BCUT2D eigenvalue weighted by Gasteiger charge is -2.40. The fourth-order valence-electron chi connectivity index (χ4n) is 4.06. The van der Waals surface area contributed by atoms with Crippen molar-refractivity contribution in [1.29, 1.82) is 0 Å². The summed E-state index contributed by atoms with van der Waals surface area (Å²) < 4.78 is 5.46. The molecule has 1 saturated heterocycles. The number of piperidine rings is 1. The smallest absolute Gasteiger partial charge is 0.317 e. The van der Waals surface area contributed by atoms with Gasteiger partial charge in [-0.15, -0.1) is 0 Å². The highest BCUT2D eigenvalue weighted by Gasteiger charge is 2.44. The Balaban J connectivity index is 1.52. The van der Waals surface area contributed by atoms with Crippen LogP contribution in [0.5, 0.6) is 0 Å². The topological polar surface area (TPSA) is 75.7 Å². The number of carbonyl (C=O) groups is 3. The molecule has 1 aliphatic heterocycles. The molecule has 0 spiro atoms. The number of aryl methyl sites for hydroxylation is 1. The molecule has 6 heteroatoms. The summed E-state index contributed by atoms with van der Waals surface area (Å²) >= 11 is 0. The third-order valence-corrected chi connectivity index (χ3v) is 5.92. The van der Waals surface area contributed by atoms with Crippen LogP contribution in [0.4, 0.5) is 0 Å². The zero-order valence-electron chi connectivity index (χ0n) is 18.0. The van der Waals surface area contributed by atoms with Crippen LogP contribution in [0.3, 0.4) is 0 Å². The van der Waals surface area contributed by atoms with Crippen LogP contribution in [0.2, 0.25) is 0 Å². The molecule has 1 fully saturated rings. The molecule has 1 aliphatic rings. The summed E-state index contributed by atoms with van der Waals surface area (Å²) in [5.41, 5.74) is 1.26. The number of carbonyl (C=O) groups excluding carboxylic acids is 3. The van der Waals surface area contributed by atoms with E-state index in [9.17, 15) is 14.4 Å². The van der Waals surface area contributed by atoms with Crippen LogP contribution in [0.25, 0.3) is 0 Å². The SMILES string of the molecule is CC(=O)N1CCC(C(=O)OCC(=O)NCCCc2ccccc2)(c2ccccc2)CC1. The number of likely N-dealkylation sites (tertiary alicyclic amines) is 1. The maximum Gasteiger partial charge on any atom is 0.317 e. The summed E-state index contributed by atoms with van der Waals surface area (Å²) in [6.45, 7) is 2.75. The van der Waals surface area contributed by atoms with Crippen LogP contribution in [-0.4, -0.2) is 48.9 Å². The van der Waals surface area contributed by atoms with E-state index in [1.165, 1.54) is 12.5 Å². The van der Waals surface area contributed by atoms with Crippen LogP contribution >= 0.6 is 0 Å². The zero-order valence-corrected chi connectivity index (χ0v) is 18.0. The first kappa shape index (κ1) is 22.5. The van der Waals surface area contributed by atoms with E-state index in [1.54, 1.807) is 4.90 Å². The van der Waals surface area contributed by atoms with Crippen molar-refractivity contribution >= 4 is 17.8 Å². The molecule has 0 saturated carbocycles. The van der Waals surface area contributed by atoms with Crippen LogP contribution < -0.4 is 5.32 Å². The fourth-order valence-corrected chi connectivity index (χ4v) is 4.06. The predicted molar refractivity (Wildman–Crippen MR) is 118 cm³/mol. The maximum absolute atomic E-state index is 13.1. The van der Waals surface area contributed by atoms with Crippen LogP contribution in [-0.2, 0) is 31.0 Å². The number of benzene rings is 2. The van der Waals surface area contributed by atoms with Gasteiger partial charge >= 0.3 is 5.97 Å². The van der Waals surface area contributed by atoms with E-state index in [2.05, 4.69) is 17.4 Å². The van der Waals surface area contributed by atoms with E-state index >= 15 is 0 Å². The summed E-state index contributed by atoms with van der Waals surface area (Å²) in [7, 11) is 0. The van der Waals surface area contributed by atoms with E-state index < -0.39 is 11.4 Å². The largest absolute Gasteiger partial charge is 0.455 e. The first-order valence-corrected chi connectivity index (χ1v) is 10.8. The minimum absolute atomic E-state index is 0.00455. The van der Waals surface area contributed by atoms with Gasteiger partial charge in [0.1, 0.15) is 0 Å². The number of ether oxygens (including phenoxy) is 1. The molecule has 31 heavy (non-hydrogen) atoms. The summed E-state index contributed by atoms with van der Waals surface area (Å²) in [5.74, 6) is -0.697. The molecule has 3 rings (SSSR count). The van der Waals surface area contributed by atoms with Gasteiger partial charge in [0.25, 0.3) is 5.91 Å². The molecule has 1 heterocycles. The van der Waals surface area contributed by atoms with Gasteiger partial charge in [-0.05, 0) is 36.8 Å². The van der Waals surface area contributed by atoms with Crippen LogP contribution in [0, 0.1) is 0 Å². The summed E-state index contributed by atoms with van der Waals surface area (Å²) in [4.78, 5) is 38.7. The molecule has 0 bridgehead atoms. The number of hydrogen-bond donors (Lipinski definition) is 1. The molecule has 2 aromatic rings. The molecule has 164 valence electrons. The van der Waals surface area contributed by atoms with Crippen molar-refractivity contribution in [2.45, 2.75) is 38.0 Å². The van der Waals surface area contributed by atoms with E-state index in [-0.39, 0.29) is 18.4 Å². The van der Waals surface area contributed by atoms with Crippen molar-refractivity contribution in [2.24, 2.45) is 0 Å². The Morgan fingerprint density at radius 2 is 1.58 bits per heavy atom. The molecule has 0 unspecified atom stereocenters. The molecule has 2 amide bonds. The molecule has 0 aliphatic carbocycles. The van der Waals surface area contributed by atoms with Gasteiger partial charge in [0.2, 0.25) is 5.91 Å². The molecular weight excluding hydrogens is 392 g/mol. The van der Waals surface area contributed by atoms with E-state index in [4.69, 9.17) is 4.74 Å². The lowest BCUT2D eigenvalue weighted by atomic mass is 9.72. The third kappa shape index (κ3) is 5.94. The Morgan fingerprint density at radius 3 is 2.19 bits per heavy atom. The molecule has 0 atom stereocenters. The number of nitrogens with one attached hydrogen (secondary N) is 1.